The van der Waals surface area contributed by atoms with Gasteiger partial charge in [-0.05, 0) is 37.1 Å². The second-order valence-electron chi connectivity index (χ2n) is 3.52. The second-order valence-corrected chi connectivity index (χ2v) is 4.55. The van der Waals surface area contributed by atoms with Gasteiger partial charge >= 0.3 is 0 Å². The summed E-state index contributed by atoms with van der Waals surface area (Å²) < 4.78 is 0. The lowest BCUT2D eigenvalue weighted by atomic mass is 10.1. The first-order valence-corrected chi connectivity index (χ1v) is 5.99. The van der Waals surface area contributed by atoms with Gasteiger partial charge in [0.1, 0.15) is 0 Å². The highest BCUT2D eigenvalue weighted by Crippen LogP contribution is 2.13. The summed E-state index contributed by atoms with van der Waals surface area (Å²) in [6.45, 7) is 2.19. The summed E-state index contributed by atoms with van der Waals surface area (Å²) in [5.41, 5.74) is 5.93. The molecule has 1 unspecified atom stereocenters. The van der Waals surface area contributed by atoms with Gasteiger partial charge in [0.15, 0.2) is 0 Å². The zero-order valence-corrected chi connectivity index (χ0v) is 9.15. The summed E-state index contributed by atoms with van der Waals surface area (Å²) in [6, 6.07) is 4.74. The van der Waals surface area contributed by atoms with Crippen molar-refractivity contribution in [2.75, 3.05) is 0 Å². The Bertz CT molecular complexity index is 206. The number of thiophene rings is 1. The minimum atomic E-state index is 0.421. The summed E-state index contributed by atoms with van der Waals surface area (Å²) in [7, 11) is 0. The van der Waals surface area contributed by atoms with Gasteiger partial charge < -0.3 is 5.73 Å². The van der Waals surface area contributed by atoms with Crippen LogP contribution in [0.1, 0.15) is 37.5 Å². The lowest BCUT2D eigenvalue weighted by Gasteiger charge is -2.08. The molecule has 0 saturated heterocycles. The van der Waals surface area contributed by atoms with Crippen LogP contribution in [0, 0.1) is 0 Å². The van der Waals surface area contributed by atoms with Crippen LogP contribution in [0.4, 0.5) is 0 Å². The monoisotopic (exact) mass is 197 g/mol. The van der Waals surface area contributed by atoms with Crippen molar-refractivity contribution >= 4 is 11.3 Å². The Morgan fingerprint density at radius 1 is 1.46 bits per heavy atom. The van der Waals surface area contributed by atoms with Gasteiger partial charge in [-0.1, -0.05) is 19.4 Å². The normalized spacial score (nSPS) is 13.1. The zero-order valence-electron chi connectivity index (χ0n) is 8.33. The fourth-order valence-corrected chi connectivity index (χ4v) is 2.26. The van der Waals surface area contributed by atoms with Crippen molar-refractivity contribution in [3.8, 4) is 0 Å². The fourth-order valence-electron chi connectivity index (χ4n) is 1.51. The molecule has 0 spiro atoms. The van der Waals surface area contributed by atoms with Crippen molar-refractivity contribution in [2.24, 2.45) is 5.73 Å². The molecule has 13 heavy (non-hydrogen) atoms. The van der Waals surface area contributed by atoms with Crippen molar-refractivity contribution in [2.45, 2.75) is 45.1 Å². The molecule has 0 fully saturated rings. The van der Waals surface area contributed by atoms with Crippen LogP contribution in [0.25, 0.3) is 0 Å². The van der Waals surface area contributed by atoms with E-state index < -0.39 is 0 Å². The van der Waals surface area contributed by atoms with E-state index in [9.17, 15) is 0 Å². The van der Waals surface area contributed by atoms with E-state index in [1.807, 2.05) is 11.3 Å². The Morgan fingerprint density at radius 2 is 2.31 bits per heavy atom. The van der Waals surface area contributed by atoms with Gasteiger partial charge in [0.05, 0.1) is 0 Å². The summed E-state index contributed by atoms with van der Waals surface area (Å²) in [6.07, 6.45) is 5.99. The van der Waals surface area contributed by atoms with E-state index in [0.29, 0.717) is 6.04 Å². The molecule has 0 aliphatic heterocycles. The van der Waals surface area contributed by atoms with Crippen LogP contribution in [-0.2, 0) is 6.42 Å². The first-order chi connectivity index (χ1) is 6.33. The van der Waals surface area contributed by atoms with Crippen molar-refractivity contribution in [1.82, 2.24) is 0 Å². The van der Waals surface area contributed by atoms with Crippen LogP contribution in [0.15, 0.2) is 17.5 Å². The van der Waals surface area contributed by atoms with E-state index in [1.54, 1.807) is 0 Å². The van der Waals surface area contributed by atoms with Gasteiger partial charge in [-0.25, -0.2) is 0 Å². The van der Waals surface area contributed by atoms with E-state index in [4.69, 9.17) is 5.73 Å². The number of aryl methyl sites for hydroxylation is 1. The van der Waals surface area contributed by atoms with Gasteiger partial charge in [0.2, 0.25) is 0 Å². The van der Waals surface area contributed by atoms with Gasteiger partial charge in [-0.3, -0.25) is 0 Å². The largest absolute Gasteiger partial charge is 0.328 e. The Labute approximate surface area is 85.0 Å². The predicted octanol–water partition coefficient (Wildman–Crippen LogP) is 3.20. The van der Waals surface area contributed by atoms with E-state index in [-0.39, 0.29) is 0 Å². The molecule has 1 nitrogen and oxygen atoms in total. The molecule has 1 rings (SSSR count). The Balaban J connectivity index is 2.07. The maximum Gasteiger partial charge on any atom is 0.00452 e. The van der Waals surface area contributed by atoms with E-state index in [2.05, 4.69) is 24.4 Å². The second kappa shape index (κ2) is 6.17. The van der Waals surface area contributed by atoms with Crippen LogP contribution >= 0.6 is 11.3 Å². The molecule has 0 radical (unpaired) electrons. The molecule has 2 heteroatoms. The molecule has 1 aromatic rings. The van der Waals surface area contributed by atoms with E-state index in [1.165, 1.54) is 37.0 Å². The lowest BCUT2D eigenvalue weighted by molar-refractivity contribution is 0.540. The van der Waals surface area contributed by atoms with Gasteiger partial charge in [-0.2, -0.15) is 0 Å². The Morgan fingerprint density at radius 3 is 2.92 bits per heavy atom. The van der Waals surface area contributed by atoms with Crippen LogP contribution in [0.5, 0.6) is 0 Å². The molecule has 0 bridgehead atoms. The molecule has 0 aliphatic carbocycles. The summed E-state index contributed by atoms with van der Waals surface area (Å²) in [5, 5.41) is 2.14. The molecule has 0 saturated carbocycles. The number of hydrogen-bond acceptors (Lipinski definition) is 2. The smallest absolute Gasteiger partial charge is 0.00452 e. The third-order valence-corrected chi connectivity index (χ3v) is 3.17. The first-order valence-electron chi connectivity index (χ1n) is 5.11. The summed E-state index contributed by atoms with van der Waals surface area (Å²) in [4.78, 5) is 1.49. The average molecular weight is 197 g/mol. The molecular weight excluding hydrogens is 178 g/mol. The quantitative estimate of drug-likeness (QED) is 0.744. The molecule has 0 amide bonds. The summed E-state index contributed by atoms with van der Waals surface area (Å²) >= 11 is 1.85. The molecule has 74 valence electrons. The third-order valence-electron chi connectivity index (χ3n) is 2.24. The van der Waals surface area contributed by atoms with Crippen molar-refractivity contribution in [3.63, 3.8) is 0 Å². The lowest BCUT2D eigenvalue weighted by Crippen LogP contribution is -2.19. The minimum Gasteiger partial charge on any atom is -0.328 e. The predicted molar refractivity (Wildman–Crippen MR) is 60.1 cm³/mol. The van der Waals surface area contributed by atoms with Crippen molar-refractivity contribution < 1.29 is 0 Å². The molecule has 1 atom stereocenters. The SMILES string of the molecule is CCCC(N)CCCc1cccs1. The fraction of sp³-hybridized carbons (Fsp3) is 0.636. The topological polar surface area (TPSA) is 26.0 Å². The van der Waals surface area contributed by atoms with Crippen LogP contribution < -0.4 is 5.73 Å². The van der Waals surface area contributed by atoms with Gasteiger partial charge in [0.25, 0.3) is 0 Å². The highest BCUT2D eigenvalue weighted by molar-refractivity contribution is 7.09. The Hall–Kier alpha value is -0.340. The minimum absolute atomic E-state index is 0.421. The molecule has 0 aliphatic rings. The van der Waals surface area contributed by atoms with Crippen LogP contribution in [0.3, 0.4) is 0 Å². The van der Waals surface area contributed by atoms with Crippen molar-refractivity contribution in [1.29, 1.82) is 0 Å². The number of nitrogens with two attached hydrogens (primary N) is 1. The summed E-state index contributed by atoms with van der Waals surface area (Å²) in [5.74, 6) is 0. The van der Waals surface area contributed by atoms with Gasteiger partial charge in [-0.15, -0.1) is 11.3 Å². The maximum absolute atomic E-state index is 5.93. The zero-order chi connectivity index (χ0) is 9.52. The highest BCUT2D eigenvalue weighted by atomic mass is 32.1. The van der Waals surface area contributed by atoms with E-state index >= 15 is 0 Å². The van der Waals surface area contributed by atoms with Gasteiger partial charge in [0, 0.05) is 10.9 Å². The molecule has 2 N–H and O–H groups in total. The first kappa shape index (κ1) is 10.7. The third kappa shape index (κ3) is 4.44. The molecular formula is C11H19NS. The molecule has 1 aromatic heterocycles. The molecule has 0 aromatic carbocycles. The van der Waals surface area contributed by atoms with Crippen LogP contribution in [0.2, 0.25) is 0 Å². The van der Waals surface area contributed by atoms with Crippen molar-refractivity contribution in [3.05, 3.63) is 22.4 Å². The number of hydrogen-bond donors (Lipinski definition) is 1. The average Bonchev–Trinajstić information content (AvgIpc) is 2.57. The standard InChI is InChI=1S/C11H19NS/c1-2-5-10(12)6-3-7-11-8-4-9-13-11/h4,8-10H,2-3,5-7,12H2,1H3. The maximum atomic E-state index is 5.93. The van der Waals surface area contributed by atoms with E-state index in [0.717, 1.165) is 0 Å². The molecule has 1 heterocycles. The highest BCUT2D eigenvalue weighted by Gasteiger charge is 2.01. The Kier molecular flexibility index (Phi) is 5.09. The number of rotatable bonds is 6. The van der Waals surface area contributed by atoms with Crippen LogP contribution in [-0.4, -0.2) is 6.04 Å².